The molecular weight excluding hydrogens is 454 g/mol. The molecule has 0 spiro atoms. The van der Waals surface area contributed by atoms with Crippen molar-refractivity contribution in [1.82, 2.24) is 4.98 Å². The molecule has 1 unspecified atom stereocenters. The van der Waals surface area contributed by atoms with Crippen molar-refractivity contribution in [3.8, 4) is 5.75 Å². The van der Waals surface area contributed by atoms with Crippen LogP contribution in [0.2, 0.25) is 14.8 Å². The van der Waals surface area contributed by atoms with Gasteiger partial charge in [-0.05, 0) is 0 Å². The second-order valence-electron chi connectivity index (χ2n) is 6.47. The van der Waals surface area contributed by atoms with Crippen LogP contribution in [0.4, 0.5) is 10.2 Å². The standard InChI is InChI=1S/C13H9BrFN2O.3CH3.Sn/c14-9-5-11-13(16-6-9)17-7-12(18-11)8-2-1-3-10(15)4-8;;;;/h1,3-6,12H,7H2,(H,16,17);3*1H3;. The van der Waals surface area contributed by atoms with Crippen molar-refractivity contribution in [2.24, 2.45) is 0 Å². The van der Waals surface area contributed by atoms with Crippen LogP contribution in [0.25, 0.3) is 0 Å². The minimum atomic E-state index is -2.36. The van der Waals surface area contributed by atoms with E-state index in [1.807, 2.05) is 12.1 Å². The average molecular weight is 472 g/mol. The molecule has 22 heavy (non-hydrogen) atoms. The zero-order chi connectivity index (χ0) is 15.9. The van der Waals surface area contributed by atoms with Crippen LogP contribution in [0, 0.1) is 5.82 Å². The van der Waals surface area contributed by atoms with Gasteiger partial charge in [0.25, 0.3) is 0 Å². The third kappa shape index (κ3) is 3.25. The second-order valence-corrected chi connectivity index (χ2v) is 21.8. The number of aromatic nitrogens is 1. The van der Waals surface area contributed by atoms with E-state index in [9.17, 15) is 4.39 Å². The number of pyridine rings is 1. The van der Waals surface area contributed by atoms with Gasteiger partial charge in [0.1, 0.15) is 0 Å². The molecule has 2 heterocycles. The molecule has 116 valence electrons. The fourth-order valence-electron chi connectivity index (χ4n) is 2.68. The summed E-state index contributed by atoms with van der Waals surface area (Å²) in [5.41, 5.74) is 0.974. The Balaban J connectivity index is 2.01. The van der Waals surface area contributed by atoms with Gasteiger partial charge in [0.05, 0.1) is 0 Å². The SMILES string of the molecule is [CH3][Sn]([CH3])([CH3])[c]1ccc(F)cc1C1CNc2ncc(Br)cc2O1. The topological polar surface area (TPSA) is 34.2 Å². The van der Waals surface area contributed by atoms with E-state index in [0.717, 1.165) is 15.9 Å². The van der Waals surface area contributed by atoms with Crippen LogP contribution >= 0.6 is 15.9 Å². The summed E-state index contributed by atoms with van der Waals surface area (Å²) >= 11 is 1.05. The first-order valence-electron chi connectivity index (χ1n) is 7.20. The Morgan fingerprint density at radius 1 is 1.32 bits per heavy atom. The molecule has 3 rings (SSSR count). The summed E-state index contributed by atoms with van der Waals surface area (Å²) in [5, 5.41) is 3.28. The van der Waals surface area contributed by atoms with Crippen LogP contribution in [0.3, 0.4) is 0 Å². The van der Waals surface area contributed by atoms with Crippen LogP contribution in [-0.4, -0.2) is 29.9 Å². The normalized spacial score (nSPS) is 17.4. The van der Waals surface area contributed by atoms with E-state index in [1.54, 1.807) is 18.3 Å². The zero-order valence-electron chi connectivity index (χ0n) is 12.8. The van der Waals surface area contributed by atoms with E-state index in [4.69, 9.17) is 4.74 Å². The van der Waals surface area contributed by atoms with Gasteiger partial charge in [0.15, 0.2) is 0 Å². The van der Waals surface area contributed by atoms with Crippen molar-refractivity contribution in [1.29, 1.82) is 0 Å². The maximum atomic E-state index is 13.8. The number of hydrogen-bond acceptors (Lipinski definition) is 3. The number of ether oxygens (including phenoxy) is 1. The summed E-state index contributed by atoms with van der Waals surface area (Å²) in [7, 11) is 0. The summed E-state index contributed by atoms with van der Waals surface area (Å²) in [5.74, 6) is 1.22. The fraction of sp³-hybridized carbons (Fsp3) is 0.312. The molecule has 3 nitrogen and oxygen atoms in total. The van der Waals surface area contributed by atoms with Gasteiger partial charge in [0.2, 0.25) is 0 Å². The van der Waals surface area contributed by atoms with Crippen LogP contribution < -0.4 is 13.6 Å². The van der Waals surface area contributed by atoms with Gasteiger partial charge in [-0.3, -0.25) is 0 Å². The third-order valence-corrected chi connectivity index (χ3v) is 10.1. The Morgan fingerprint density at radius 2 is 2.09 bits per heavy atom. The Bertz CT molecular complexity index is 718. The van der Waals surface area contributed by atoms with Crippen LogP contribution in [-0.2, 0) is 0 Å². The first-order chi connectivity index (χ1) is 10.3. The van der Waals surface area contributed by atoms with Crippen molar-refractivity contribution in [2.75, 3.05) is 11.9 Å². The summed E-state index contributed by atoms with van der Waals surface area (Å²) < 4.78 is 22.0. The van der Waals surface area contributed by atoms with Gasteiger partial charge >= 0.3 is 143 Å². The first-order valence-corrected chi connectivity index (χ1v) is 18.0. The number of nitrogens with zero attached hydrogens (tertiary/aromatic N) is 1. The number of fused-ring (bicyclic) bond motifs is 1. The van der Waals surface area contributed by atoms with Crippen LogP contribution in [0.1, 0.15) is 11.7 Å². The summed E-state index contributed by atoms with van der Waals surface area (Å²) in [6.07, 6.45) is 1.54. The average Bonchev–Trinajstić information content (AvgIpc) is 2.45. The van der Waals surface area contributed by atoms with Gasteiger partial charge in [-0.15, -0.1) is 0 Å². The van der Waals surface area contributed by atoms with E-state index in [2.05, 4.69) is 41.0 Å². The molecule has 1 aliphatic rings. The van der Waals surface area contributed by atoms with E-state index >= 15 is 0 Å². The summed E-state index contributed by atoms with van der Waals surface area (Å²) in [6, 6.07) is 7.02. The monoisotopic (exact) mass is 472 g/mol. The molecule has 0 saturated carbocycles. The predicted molar refractivity (Wildman–Crippen MR) is 93.2 cm³/mol. The fourth-order valence-corrected chi connectivity index (χ4v) is 7.80. The van der Waals surface area contributed by atoms with E-state index < -0.39 is 18.4 Å². The maximum absolute atomic E-state index is 13.8. The van der Waals surface area contributed by atoms with Gasteiger partial charge in [-0.25, -0.2) is 0 Å². The molecule has 1 aromatic carbocycles. The molecule has 1 N–H and O–H groups in total. The summed E-state index contributed by atoms with van der Waals surface area (Å²) in [4.78, 5) is 11.3. The Hall–Kier alpha value is -0.821. The molecule has 2 aromatic rings. The number of rotatable bonds is 2. The first kappa shape index (κ1) is 16.1. The zero-order valence-corrected chi connectivity index (χ0v) is 17.2. The minimum absolute atomic E-state index is 0.190. The Morgan fingerprint density at radius 3 is 2.82 bits per heavy atom. The van der Waals surface area contributed by atoms with Crippen molar-refractivity contribution < 1.29 is 9.13 Å². The molecule has 1 atom stereocenters. The Kier molecular flexibility index (Phi) is 4.38. The molecule has 0 fully saturated rings. The number of anilines is 1. The molecule has 0 amide bonds. The third-order valence-electron chi connectivity index (χ3n) is 3.71. The molecule has 0 aliphatic carbocycles. The van der Waals surface area contributed by atoms with E-state index in [1.165, 1.54) is 3.58 Å². The van der Waals surface area contributed by atoms with Gasteiger partial charge in [0, 0.05) is 0 Å². The number of halogens is 2. The van der Waals surface area contributed by atoms with Gasteiger partial charge in [-0.1, -0.05) is 0 Å². The quantitative estimate of drug-likeness (QED) is 0.670. The van der Waals surface area contributed by atoms with Crippen molar-refractivity contribution in [2.45, 2.75) is 20.9 Å². The van der Waals surface area contributed by atoms with Crippen molar-refractivity contribution in [3.63, 3.8) is 0 Å². The van der Waals surface area contributed by atoms with Gasteiger partial charge < -0.3 is 0 Å². The summed E-state index contributed by atoms with van der Waals surface area (Å²) in [6.45, 7) is 0.597. The molecule has 1 aromatic heterocycles. The number of hydrogen-bond donors (Lipinski definition) is 1. The van der Waals surface area contributed by atoms with Crippen molar-refractivity contribution >= 4 is 43.7 Å². The molecule has 6 heteroatoms. The molecule has 0 saturated heterocycles. The molecule has 0 radical (unpaired) electrons. The number of benzene rings is 1. The number of nitrogens with one attached hydrogen (secondary N) is 1. The van der Waals surface area contributed by atoms with Gasteiger partial charge in [-0.2, -0.15) is 0 Å². The van der Waals surface area contributed by atoms with E-state index in [0.29, 0.717) is 12.3 Å². The van der Waals surface area contributed by atoms with Crippen LogP contribution in [0.15, 0.2) is 34.9 Å². The molecule has 0 bridgehead atoms. The Labute approximate surface area is 142 Å². The molecular formula is C16H18BrFN2OSn. The molecule has 1 aliphatic heterocycles. The van der Waals surface area contributed by atoms with Crippen LogP contribution in [0.5, 0.6) is 5.75 Å². The predicted octanol–water partition coefficient (Wildman–Crippen LogP) is 4.07. The second kappa shape index (κ2) is 6.00. The van der Waals surface area contributed by atoms with E-state index in [-0.39, 0.29) is 11.9 Å². The van der Waals surface area contributed by atoms with Crippen molar-refractivity contribution in [3.05, 3.63) is 46.3 Å².